The van der Waals surface area contributed by atoms with Crippen molar-refractivity contribution >= 4 is 0 Å². The van der Waals surface area contributed by atoms with Crippen LogP contribution in [0.1, 0.15) is 12.0 Å². The normalized spacial score (nSPS) is 16.2. The van der Waals surface area contributed by atoms with E-state index in [0.29, 0.717) is 6.42 Å². The predicted octanol–water partition coefficient (Wildman–Crippen LogP) is 1.59. The Morgan fingerprint density at radius 3 is 2.65 bits per heavy atom. The Hall–Kier alpha value is -1.10. The summed E-state index contributed by atoms with van der Waals surface area (Å²) < 4.78 is 11.1. The molecule has 0 aromatic heterocycles. The second-order valence-corrected chi connectivity index (χ2v) is 4.91. The van der Waals surface area contributed by atoms with Gasteiger partial charge in [0.05, 0.1) is 13.2 Å². The van der Waals surface area contributed by atoms with Gasteiger partial charge in [-0.2, -0.15) is 0 Å². The maximum Gasteiger partial charge on any atom is 0.119 e. The van der Waals surface area contributed by atoms with Crippen molar-refractivity contribution < 1.29 is 9.47 Å². The van der Waals surface area contributed by atoms with Crippen LogP contribution < -0.4 is 10.1 Å². The fourth-order valence-corrected chi connectivity index (χ4v) is 2.16. The molecule has 0 amide bonds. The van der Waals surface area contributed by atoms with Gasteiger partial charge in [-0.3, -0.25) is 4.90 Å². The smallest absolute Gasteiger partial charge is 0.119 e. The van der Waals surface area contributed by atoms with Crippen molar-refractivity contribution in [3.05, 3.63) is 36.8 Å². The van der Waals surface area contributed by atoms with Crippen LogP contribution in [-0.2, 0) is 11.3 Å². The van der Waals surface area contributed by atoms with Crippen molar-refractivity contribution in [3.8, 4) is 5.75 Å². The minimum atomic E-state index is 0.669. The lowest BCUT2D eigenvalue weighted by Crippen LogP contribution is -2.38. The average Bonchev–Trinajstić information content (AvgIpc) is 2.50. The summed E-state index contributed by atoms with van der Waals surface area (Å²) in [5.41, 5.74) is 1.25. The van der Waals surface area contributed by atoms with Gasteiger partial charge >= 0.3 is 0 Å². The van der Waals surface area contributed by atoms with Gasteiger partial charge in [-0.1, -0.05) is 12.1 Å². The number of hydrogen-bond donors (Lipinski definition) is 1. The second-order valence-electron chi connectivity index (χ2n) is 4.91. The molecule has 0 aliphatic carbocycles. The van der Waals surface area contributed by atoms with E-state index in [-0.39, 0.29) is 0 Å². The Kier molecular flexibility index (Phi) is 6.84. The third kappa shape index (κ3) is 5.49. The zero-order valence-electron chi connectivity index (χ0n) is 12.0. The molecule has 1 aromatic rings. The van der Waals surface area contributed by atoms with E-state index in [9.17, 15) is 0 Å². The van der Waals surface area contributed by atoms with Crippen LogP contribution in [0.3, 0.4) is 0 Å². The molecule has 4 heteroatoms. The molecule has 0 spiro atoms. The van der Waals surface area contributed by atoms with Gasteiger partial charge in [0.25, 0.3) is 0 Å². The van der Waals surface area contributed by atoms with Crippen molar-refractivity contribution in [2.45, 2.75) is 13.0 Å². The molecule has 4 nitrogen and oxygen atoms in total. The van der Waals surface area contributed by atoms with Gasteiger partial charge in [0, 0.05) is 26.2 Å². The molecule has 20 heavy (non-hydrogen) atoms. The minimum absolute atomic E-state index is 0.669. The molecule has 1 saturated heterocycles. The van der Waals surface area contributed by atoms with Gasteiger partial charge < -0.3 is 14.8 Å². The maximum absolute atomic E-state index is 5.77. The molecule has 0 saturated carbocycles. The number of ether oxygens (including phenoxy) is 2. The van der Waals surface area contributed by atoms with E-state index in [2.05, 4.69) is 22.3 Å². The highest BCUT2D eigenvalue weighted by atomic mass is 16.5. The summed E-state index contributed by atoms with van der Waals surface area (Å²) in [6.07, 6.45) is 0.669. The first-order chi connectivity index (χ1) is 9.88. The summed E-state index contributed by atoms with van der Waals surface area (Å²) in [5, 5.41) is 3.27. The van der Waals surface area contributed by atoms with Crippen LogP contribution in [0.15, 0.2) is 24.3 Å². The lowest BCUT2D eigenvalue weighted by atomic mass is 10.2. The molecule has 0 atom stereocenters. The topological polar surface area (TPSA) is 33.7 Å². The third-order valence-corrected chi connectivity index (χ3v) is 3.35. The number of rotatable bonds is 8. The van der Waals surface area contributed by atoms with E-state index in [0.717, 1.165) is 58.3 Å². The van der Waals surface area contributed by atoms with Crippen molar-refractivity contribution in [2.75, 3.05) is 46.0 Å². The van der Waals surface area contributed by atoms with Gasteiger partial charge in [-0.15, -0.1) is 0 Å². The van der Waals surface area contributed by atoms with Crippen LogP contribution >= 0.6 is 0 Å². The summed E-state index contributed by atoms with van der Waals surface area (Å²) in [4.78, 5) is 2.37. The highest BCUT2D eigenvalue weighted by molar-refractivity contribution is 5.27. The van der Waals surface area contributed by atoms with Gasteiger partial charge in [0.1, 0.15) is 12.4 Å². The molecule has 1 aliphatic rings. The standard InChI is InChI=1S/C16H24N2O2/c1-2-7-17-14-15-3-5-16(6-4-15)20-13-10-18-8-11-19-12-9-18/h1,3-6,17H,2,7-14H2. The molecule has 1 heterocycles. The van der Waals surface area contributed by atoms with E-state index >= 15 is 0 Å². The fourth-order valence-electron chi connectivity index (χ4n) is 2.16. The number of hydrogen-bond acceptors (Lipinski definition) is 4. The molecule has 1 fully saturated rings. The first-order valence-corrected chi connectivity index (χ1v) is 7.31. The minimum Gasteiger partial charge on any atom is -0.492 e. The molecule has 1 aliphatic heterocycles. The summed E-state index contributed by atoms with van der Waals surface area (Å²) in [6, 6.07) is 8.23. The molecular formula is C16H24N2O2. The molecule has 1 N–H and O–H groups in total. The van der Waals surface area contributed by atoms with Crippen molar-refractivity contribution in [1.29, 1.82) is 0 Å². The Morgan fingerprint density at radius 2 is 1.95 bits per heavy atom. The van der Waals surface area contributed by atoms with Gasteiger partial charge in [0.15, 0.2) is 0 Å². The lowest BCUT2D eigenvalue weighted by Gasteiger charge is -2.26. The molecular weight excluding hydrogens is 252 g/mol. The first kappa shape index (κ1) is 15.3. The Bertz CT molecular complexity index is 361. The molecule has 0 unspecified atom stereocenters. The number of nitrogens with zero attached hydrogens (tertiary/aromatic N) is 1. The van der Waals surface area contributed by atoms with Crippen LogP contribution in [-0.4, -0.2) is 50.9 Å². The summed E-state index contributed by atoms with van der Waals surface area (Å²) in [7, 11) is 0. The van der Waals surface area contributed by atoms with E-state index in [4.69, 9.17) is 16.4 Å². The highest BCUT2D eigenvalue weighted by Crippen LogP contribution is 2.12. The van der Waals surface area contributed by atoms with Crippen LogP contribution in [0, 0.1) is 6.92 Å². The van der Waals surface area contributed by atoms with Gasteiger partial charge in [-0.05, 0) is 37.6 Å². The molecule has 110 valence electrons. The lowest BCUT2D eigenvalue weighted by molar-refractivity contribution is 0.0322. The Balaban J connectivity index is 1.65. The van der Waals surface area contributed by atoms with Crippen molar-refractivity contribution in [3.63, 3.8) is 0 Å². The predicted molar refractivity (Wildman–Crippen MR) is 79.8 cm³/mol. The Morgan fingerprint density at radius 1 is 1.20 bits per heavy atom. The highest BCUT2D eigenvalue weighted by Gasteiger charge is 2.09. The first-order valence-electron chi connectivity index (χ1n) is 7.31. The zero-order valence-corrected chi connectivity index (χ0v) is 12.0. The molecule has 1 aromatic carbocycles. The van der Waals surface area contributed by atoms with E-state index in [1.807, 2.05) is 12.1 Å². The monoisotopic (exact) mass is 276 g/mol. The van der Waals surface area contributed by atoms with Crippen LogP contribution in [0.2, 0.25) is 0 Å². The van der Waals surface area contributed by atoms with E-state index < -0.39 is 0 Å². The summed E-state index contributed by atoms with van der Waals surface area (Å²) in [5.74, 6) is 0.931. The molecule has 0 bridgehead atoms. The van der Waals surface area contributed by atoms with Crippen LogP contribution in [0.4, 0.5) is 0 Å². The largest absolute Gasteiger partial charge is 0.492 e. The number of benzene rings is 1. The van der Waals surface area contributed by atoms with Gasteiger partial charge in [0.2, 0.25) is 0 Å². The van der Waals surface area contributed by atoms with E-state index in [1.165, 1.54) is 5.56 Å². The average molecular weight is 276 g/mol. The number of morpholine rings is 1. The molecule has 2 rings (SSSR count). The summed E-state index contributed by atoms with van der Waals surface area (Å²) in [6.45, 7) is 12.5. The van der Waals surface area contributed by atoms with Crippen molar-refractivity contribution in [1.82, 2.24) is 10.2 Å². The number of nitrogens with one attached hydrogen (secondary N) is 1. The SMILES string of the molecule is [CH]CCNCc1ccc(OCCN2CCOCC2)cc1. The second kappa shape index (κ2) is 8.95. The Labute approximate surface area is 122 Å². The quantitative estimate of drug-likeness (QED) is 0.731. The summed E-state index contributed by atoms with van der Waals surface area (Å²) >= 11 is 0. The van der Waals surface area contributed by atoms with Crippen molar-refractivity contribution in [2.24, 2.45) is 0 Å². The van der Waals surface area contributed by atoms with E-state index in [1.54, 1.807) is 0 Å². The van der Waals surface area contributed by atoms with Gasteiger partial charge in [-0.25, -0.2) is 0 Å². The maximum atomic E-state index is 5.77. The fraction of sp³-hybridized carbons (Fsp3) is 0.562. The van der Waals surface area contributed by atoms with Crippen LogP contribution in [0.5, 0.6) is 5.75 Å². The molecule has 2 radical (unpaired) electrons. The zero-order chi connectivity index (χ0) is 14.0. The van der Waals surface area contributed by atoms with Crippen LogP contribution in [0.25, 0.3) is 0 Å². The third-order valence-electron chi connectivity index (χ3n) is 3.35.